The lowest BCUT2D eigenvalue weighted by Crippen LogP contribution is -2.18. The van der Waals surface area contributed by atoms with Crippen molar-refractivity contribution >= 4 is 5.69 Å². The number of fused-ring (bicyclic) bond motifs is 1. The first kappa shape index (κ1) is 15.3. The van der Waals surface area contributed by atoms with Crippen LogP contribution in [0.5, 0.6) is 11.5 Å². The third-order valence-corrected chi connectivity index (χ3v) is 3.97. The standard InChI is InChI=1S/C17H17NO5/c1-21-15-9-11-6-7-23-17(14(11)10-16(15)22-2)12-4-3-5-13(8-12)18(19)20/h3-5,8-10,17H,6-7H2,1-2H3/t17-/m0/s1. The van der Waals surface area contributed by atoms with Crippen molar-refractivity contribution in [1.29, 1.82) is 0 Å². The van der Waals surface area contributed by atoms with Gasteiger partial charge in [-0.15, -0.1) is 0 Å². The van der Waals surface area contributed by atoms with Gasteiger partial charge in [0, 0.05) is 12.1 Å². The summed E-state index contributed by atoms with van der Waals surface area (Å²) in [5.41, 5.74) is 2.87. The molecule has 0 saturated carbocycles. The molecule has 0 saturated heterocycles. The highest BCUT2D eigenvalue weighted by Crippen LogP contribution is 2.40. The number of hydrogen-bond acceptors (Lipinski definition) is 5. The minimum atomic E-state index is -0.401. The number of non-ortho nitro benzene ring substituents is 1. The molecule has 0 aromatic heterocycles. The molecule has 0 spiro atoms. The predicted octanol–water partition coefficient (Wildman–Crippen LogP) is 3.27. The van der Waals surface area contributed by atoms with E-state index in [0.29, 0.717) is 18.1 Å². The Morgan fingerprint density at radius 1 is 1.17 bits per heavy atom. The highest BCUT2D eigenvalue weighted by Gasteiger charge is 2.26. The molecule has 1 heterocycles. The zero-order valence-electron chi connectivity index (χ0n) is 12.9. The number of nitro groups is 1. The van der Waals surface area contributed by atoms with Crippen molar-refractivity contribution in [2.45, 2.75) is 12.5 Å². The van der Waals surface area contributed by atoms with Crippen LogP contribution in [-0.2, 0) is 11.2 Å². The molecule has 1 aliphatic heterocycles. The van der Waals surface area contributed by atoms with E-state index < -0.39 is 4.92 Å². The fourth-order valence-electron chi connectivity index (χ4n) is 2.85. The Hall–Kier alpha value is -2.60. The number of ether oxygens (including phenoxy) is 3. The zero-order chi connectivity index (χ0) is 16.4. The molecule has 6 heteroatoms. The topological polar surface area (TPSA) is 70.8 Å². The van der Waals surface area contributed by atoms with Crippen LogP contribution < -0.4 is 9.47 Å². The third-order valence-electron chi connectivity index (χ3n) is 3.97. The van der Waals surface area contributed by atoms with Gasteiger partial charge in [-0.05, 0) is 35.2 Å². The van der Waals surface area contributed by atoms with Crippen LogP contribution in [0.4, 0.5) is 5.69 Å². The number of nitro benzene ring substituents is 1. The lowest BCUT2D eigenvalue weighted by atomic mass is 9.92. The molecular formula is C17H17NO5. The minimum Gasteiger partial charge on any atom is -0.493 e. The second-order valence-corrected chi connectivity index (χ2v) is 5.26. The molecule has 2 aromatic carbocycles. The normalized spacial score (nSPS) is 16.5. The first-order chi connectivity index (χ1) is 11.1. The maximum Gasteiger partial charge on any atom is 0.269 e. The summed E-state index contributed by atoms with van der Waals surface area (Å²) in [7, 11) is 3.18. The van der Waals surface area contributed by atoms with E-state index in [9.17, 15) is 10.1 Å². The molecule has 23 heavy (non-hydrogen) atoms. The van der Waals surface area contributed by atoms with Gasteiger partial charge in [-0.3, -0.25) is 10.1 Å². The maximum absolute atomic E-state index is 11.0. The summed E-state index contributed by atoms with van der Waals surface area (Å²) in [5.74, 6) is 1.29. The van der Waals surface area contributed by atoms with Crippen molar-refractivity contribution in [3.05, 3.63) is 63.2 Å². The summed E-state index contributed by atoms with van der Waals surface area (Å²) in [6.45, 7) is 0.551. The van der Waals surface area contributed by atoms with E-state index in [1.165, 1.54) is 6.07 Å². The number of hydrogen-bond donors (Lipinski definition) is 0. The van der Waals surface area contributed by atoms with Gasteiger partial charge in [-0.2, -0.15) is 0 Å². The Labute approximate surface area is 133 Å². The first-order valence-corrected chi connectivity index (χ1v) is 7.24. The summed E-state index contributed by atoms with van der Waals surface area (Å²) in [6, 6.07) is 10.4. The van der Waals surface area contributed by atoms with Gasteiger partial charge >= 0.3 is 0 Å². The Morgan fingerprint density at radius 3 is 2.61 bits per heavy atom. The molecule has 0 aliphatic carbocycles. The Balaban J connectivity index is 2.07. The maximum atomic E-state index is 11.0. The largest absolute Gasteiger partial charge is 0.493 e. The van der Waals surface area contributed by atoms with E-state index in [2.05, 4.69) is 0 Å². The third kappa shape index (κ3) is 2.85. The van der Waals surface area contributed by atoms with Crippen LogP contribution in [0.25, 0.3) is 0 Å². The van der Waals surface area contributed by atoms with E-state index >= 15 is 0 Å². The van der Waals surface area contributed by atoms with Gasteiger partial charge in [0.2, 0.25) is 0 Å². The number of nitrogens with zero attached hydrogens (tertiary/aromatic N) is 1. The van der Waals surface area contributed by atoms with Gasteiger partial charge in [0.15, 0.2) is 11.5 Å². The highest BCUT2D eigenvalue weighted by atomic mass is 16.6. The first-order valence-electron chi connectivity index (χ1n) is 7.24. The van der Waals surface area contributed by atoms with E-state index in [4.69, 9.17) is 14.2 Å². The van der Waals surface area contributed by atoms with Crippen LogP contribution >= 0.6 is 0 Å². The molecule has 0 unspecified atom stereocenters. The zero-order valence-corrected chi connectivity index (χ0v) is 12.9. The Bertz CT molecular complexity index is 744. The summed E-state index contributed by atoms with van der Waals surface area (Å²) in [5, 5.41) is 11.0. The lowest BCUT2D eigenvalue weighted by Gasteiger charge is -2.27. The van der Waals surface area contributed by atoms with Crippen molar-refractivity contribution in [1.82, 2.24) is 0 Å². The summed E-state index contributed by atoms with van der Waals surface area (Å²) < 4.78 is 16.6. The molecule has 120 valence electrons. The van der Waals surface area contributed by atoms with Crippen LogP contribution in [-0.4, -0.2) is 25.7 Å². The molecule has 6 nitrogen and oxygen atoms in total. The SMILES string of the molecule is COc1cc2c(cc1OC)[C@H](c1cccc([N+](=O)[O-])c1)OCC2. The van der Waals surface area contributed by atoms with Crippen molar-refractivity contribution in [3.63, 3.8) is 0 Å². The van der Waals surface area contributed by atoms with Gasteiger partial charge in [0.05, 0.1) is 25.7 Å². The average Bonchev–Trinajstić information content (AvgIpc) is 2.59. The molecule has 1 aliphatic rings. The molecule has 0 amide bonds. The highest BCUT2D eigenvalue weighted by molar-refractivity contribution is 5.51. The summed E-state index contributed by atoms with van der Waals surface area (Å²) in [4.78, 5) is 10.6. The van der Waals surface area contributed by atoms with E-state index in [1.54, 1.807) is 26.4 Å². The van der Waals surface area contributed by atoms with Gasteiger partial charge in [0.1, 0.15) is 6.10 Å². The molecule has 1 atom stereocenters. The molecular weight excluding hydrogens is 298 g/mol. The van der Waals surface area contributed by atoms with Gasteiger partial charge in [-0.1, -0.05) is 12.1 Å². The molecule has 0 bridgehead atoms. The molecule has 3 rings (SSSR count). The fourth-order valence-corrected chi connectivity index (χ4v) is 2.85. The number of rotatable bonds is 4. The molecule has 0 radical (unpaired) electrons. The van der Waals surface area contributed by atoms with Gasteiger partial charge in [-0.25, -0.2) is 0 Å². The monoisotopic (exact) mass is 315 g/mol. The Kier molecular flexibility index (Phi) is 4.16. The van der Waals surface area contributed by atoms with Gasteiger partial charge < -0.3 is 14.2 Å². The number of benzene rings is 2. The predicted molar refractivity (Wildman–Crippen MR) is 84.1 cm³/mol. The van der Waals surface area contributed by atoms with Crippen molar-refractivity contribution in [2.24, 2.45) is 0 Å². The van der Waals surface area contributed by atoms with Crippen LogP contribution in [0.2, 0.25) is 0 Å². The second-order valence-electron chi connectivity index (χ2n) is 5.26. The molecule has 2 aromatic rings. The molecule has 0 N–H and O–H groups in total. The summed E-state index contributed by atoms with van der Waals surface area (Å²) in [6.07, 6.45) is 0.416. The van der Waals surface area contributed by atoms with Crippen molar-refractivity contribution in [2.75, 3.05) is 20.8 Å². The second kappa shape index (κ2) is 6.26. The minimum absolute atomic E-state index is 0.0544. The quantitative estimate of drug-likeness (QED) is 0.639. The lowest BCUT2D eigenvalue weighted by molar-refractivity contribution is -0.385. The van der Waals surface area contributed by atoms with Crippen LogP contribution in [0.15, 0.2) is 36.4 Å². The van der Waals surface area contributed by atoms with Crippen LogP contribution in [0.1, 0.15) is 22.8 Å². The van der Waals surface area contributed by atoms with E-state index in [-0.39, 0.29) is 11.8 Å². The molecule has 0 fully saturated rings. The van der Waals surface area contributed by atoms with E-state index in [1.807, 2.05) is 18.2 Å². The smallest absolute Gasteiger partial charge is 0.269 e. The summed E-state index contributed by atoms with van der Waals surface area (Å²) >= 11 is 0. The van der Waals surface area contributed by atoms with Crippen LogP contribution in [0, 0.1) is 10.1 Å². The van der Waals surface area contributed by atoms with Gasteiger partial charge in [0.25, 0.3) is 5.69 Å². The van der Waals surface area contributed by atoms with Crippen molar-refractivity contribution in [3.8, 4) is 11.5 Å². The average molecular weight is 315 g/mol. The number of methoxy groups -OCH3 is 2. The van der Waals surface area contributed by atoms with Crippen LogP contribution in [0.3, 0.4) is 0 Å². The Morgan fingerprint density at radius 2 is 1.91 bits per heavy atom. The fraction of sp³-hybridized carbons (Fsp3) is 0.294. The van der Waals surface area contributed by atoms with Crippen molar-refractivity contribution < 1.29 is 19.1 Å². The van der Waals surface area contributed by atoms with E-state index in [0.717, 1.165) is 23.1 Å².